The molecule has 8 heavy (non-hydrogen) atoms. The highest BCUT2D eigenvalue weighted by molar-refractivity contribution is 4.36. The van der Waals surface area contributed by atoms with E-state index in [0.29, 0.717) is 18.6 Å². The van der Waals surface area contributed by atoms with Gasteiger partial charge in [-0.25, -0.2) is 0 Å². The van der Waals surface area contributed by atoms with Crippen molar-refractivity contribution >= 4 is 0 Å². The van der Waals surface area contributed by atoms with Crippen molar-refractivity contribution in [3.8, 4) is 0 Å². The molecule has 1 saturated heterocycles. The predicted octanol–water partition coefficient (Wildman–Crippen LogP) is 0.335. The molecule has 1 aliphatic heterocycles. The number of hydrogen-bond acceptors (Lipinski definition) is 4. The second-order valence-corrected chi connectivity index (χ2v) is 1.61. The van der Waals surface area contributed by atoms with Crippen LogP contribution in [0.5, 0.6) is 0 Å². The van der Waals surface area contributed by atoms with Gasteiger partial charge in [0.15, 0.2) is 0 Å². The van der Waals surface area contributed by atoms with Crippen LogP contribution in [0.15, 0.2) is 0 Å². The molecule has 1 heterocycles. The fourth-order valence-corrected chi connectivity index (χ4v) is 0.527. The minimum Gasteiger partial charge on any atom is -0.266 e. The van der Waals surface area contributed by atoms with Crippen LogP contribution in [0, 0.1) is 0 Å². The fourth-order valence-electron chi connectivity index (χ4n) is 0.527. The van der Waals surface area contributed by atoms with Gasteiger partial charge in [-0.2, -0.15) is 0 Å². The van der Waals surface area contributed by atoms with Crippen LogP contribution in [0.4, 0.5) is 0 Å². The third kappa shape index (κ3) is 1.75. The lowest BCUT2D eigenvalue weighted by atomic mass is 10.3. The van der Waals surface area contributed by atoms with Gasteiger partial charge < -0.3 is 0 Å². The first-order valence-electron chi connectivity index (χ1n) is 2.64. The van der Waals surface area contributed by atoms with E-state index >= 15 is 0 Å². The molecule has 4 nitrogen and oxygen atoms in total. The molecule has 0 radical (unpaired) electrons. The van der Waals surface area contributed by atoms with Crippen LogP contribution >= 0.6 is 0 Å². The summed E-state index contributed by atoms with van der Waals surface area (Å²) in [5.41, 5.74) is 0. The lowest BCUT2D eigenvalue weighted by Gasteiger charge is -2.06. The molecule has 0 amide bonds. The average Bonchev–Trinajstić information content (AvgIpc) is 1.94. The van der Waals surface area contributed by atoms with Crippen molar-refractivity contribution in [2.45, 2.75) is 12.8 Å². The Bertz CT molecular complexity index is 60.3. The quantitative estimate of drug-likeness (QED) is 0.499. The van der Waals surface area contributed by atoms with E-state index in [1.807, 2.05) is 0 Å². The monoisotopic (exact) mass is 119 g/mol. The summed E-state index contributed by atoms with van der Waals surface area (Å²) in [6, 6.07) is 0. The highest BCUT2D eigenvalue weighted by atomic mass is 17.1. The molecule has 0 bridgehead atoms. The molecule has 0 aliphatic carbocycles. The minimum atomic E-state index is 0.424. The van der Waals surface area contributed by atoms with E-state index in [0.717, 1.165) is 12.8 Å². The van der Waals surface area contributed by atoms with E-state index < -0.39 is 0 Å². The molecule has 0 saturated carbocycles. The maximum Gasteiger partial charge on any atom is 0.0739 e. The van der Waals surface area contributed by atoms with Crippen LogP contribution in [0.2, 0.25) is 0 Å². The van der Waals surface area contributed by atoms with Crippen LogP contribution in [-0.2, 0) is 9.68 Å². The van der Waals surface area contributed by atoms with E-state index in [1.165, 1.54) is 0 Å². The zero-order valence-electron chi connectivity index (χ0n) is 4.54. The Labute approximate surface area is 47.5 Å². The van der Waals surface area contributed by atoms with Crippen molar-refractivity contribution in [2.75, 3.05) is 13.2 Å². The summed E-state index contributed by atoms with van der Waals surface area (Å²) in [6.45, 7) is 1.08. The Morgan fingerprint density at radius 3 is 2.12 bits per heavy atom. The summed E-state index contributed by atoms with van der Waals surface area (Å²) in [7, 11) is 0. The van der Waals surface area contributed by atoms with Gasteiger partial charge in [0.2, 0.25) is 0 Å². The summed E-state index contributed by atoms with van der Waals surface area (Å²) in [5, 5.41) is 8.90. The summed E-state index contributed by atoms with van der Waals surface area (Å²) >= 11 is 0. The largest absolute Gasteiger partial charge is 0.266 e. The normalized spacial score (nSPS) is 25.1. The van der Waals surface area contributed by atoms with Crippen LogP contribution in [0.3, 0.4) is 0 Å². The maximum atomic E-state index is 8.48. The van der Waals surface area contributed by atoms with Crippen molar-refractivity contribution in [1.82, 2.24) is 5.39 Å². The molecule has 0 aromatic heterocycles. The van der Waals surface area contributed by atoms with E-state index in [4.69, 9.17) is 5.21 Å². The maximum absolute atomic E-state index is 8.48. The van der Waals surface area contributed by atoms with Crippen molar-refractivity contribution in [3.63, 3.8) is 0 Å². The van der Waals surface area contributed by atoms with Crippen molar-refractivity contribution < 1.29 is 14.9 Å². The third-order valence-corrected chi connectivity index (χ3v) is 0.942. The number of nitrogens with zero attached hydrogens (tertiary/aromatic N) is 1. The van der Waals surface area contributed by atoms with Crippen LogP contribution in [0.25, 0.3) is 0 Å². The van der Waals surface area contributed by atoms with Gasteiger partial charge in [0, 0.05) is 0 Å². The second kappa shape index (κ2) is 2.99. The zero-order valence-corrected chi connectivity index (χ0v) is 4.54. The van der Waals surface area contributed by atoms with Crippen molar-refractivity contribution in [1.29, 1.82) is 0 Å². The Kier molecular flexibility index (Phi) is 2.23. The summed E-state index contributed by atoms with van der Waals surface area (Å²) in [6.07, 6.45) is 1.88. The first kappa shape index (κ1) is 5.97. The molecular weight excluding hydrogens is 110 g/mol. The lowest BCUT2D eigenvalue weighted by molar-refractivity contribution is -0.503. The zero-order chi connectivity index (χ0) is 5.82. The van der Waals surface area contributed by atoms with E-state index in [-0.39, 0.29) is 0 Å². The van der Waals surface area contributed by atoms with Crippen molar-refractivity contribution in [3.05, 3.63) is 0 Å². The highest BCUT2D eigenvalue weighted by Crippen LogP contribution is 1.99. The van der Waals surface area contributed by atoms with Gasteiger partial charge in [0.05, 0.1) is 18.6 Å². The Hall–Kier alpha value is -0.160. The van der Waals surface area contributed by atoms with Gasteiger partial charge in [0.1, 0.15) is 0 Å². The summed E-state index contributed by atoms with van der Waals surface area (Å²) in [4.78, 5) is 9.14. The number of rotatable bonds is 0. The fraction of sp³-hybridized carbons (Fsp3) is 1.00. The molecule has 1 N–H and O–H groups in total. The van der Waals surface area contributed by atoms with Crippen LogP contribution in [0.1, 0.15) is 12.8 Å². The molecular formula is C4H9NO3. The van der Waals surface area contributed by atoms with Gasteiger partial charge in [-0.05, 0) is 12.8 Å². The standard InChI is InChI=1S/C4H9NO3/c6-5-7-3-1-2-4-8-5/h6H,1-4H2. The number of hydrogen-bond donors (Lipinski definition) is 1. The first-order valence-corrected chi connectivity index (χ1v) is 2.64. The van der Waals surface area contributed by atoms with Gasteiger partial charge in [-0.3, -0.25) is 14.9 Å². The SMILES string of the molecule is ON1OCCCCO1. The van der Waals surface area contributed by atoms with Crippen LogP contribution in [-0.4, -0.2) is 23.8 Å². The molecule has 1 aliphatic rings. The minimum absolute atomic E-state index is 0.424. The Balaban J connectivity index is 2.17. The van der Waals surface area contributed by atoms with Gasteiger partial charge in [-0.15, -0.1) is 0 Å². The molecule has 1 fully saturated rings. The highest BCUT2D eigenvalue weighted by Gasteiger charge is 2.04. The topological polar surface area (TPSA) is 41.9 Å². The first-order chi connectivity index (χ1) is 3.89. The Morgan fingerprint density at radius 1 is 1.12 bits per heavy atom. The molecule has 48 valence electrons. The lowest BCUT2D eigenvalue weighted by Crippen LogP contribution is -2.17. The molecule has 0 aromatic rings. The molecule has 4 heteroatoms. The summed E-state index contributed by atoms with van der Waals surface area (Å²) < 4.78 is 0. The molecule has 0 spiro atoms. The van der Waals surface area contributed by atoms with Gasteiger partial charge >= 0.3 is 0 Å². The average molecular weight is 119 g/mol. The molecule has 0 aromatic carbocycles. The van der Waals surface area contributed by atoms with E-state index in [1.54, 1.807) is 0 Å². The van der Waals surface area contributed by atoms with Crippen LogP contribution < -0.4 is 0 Å². The van der Waals surface area contributed by atoms with E-state index in [9.17, 15) is 0 Å². The smallest absolute Gasteiger partial charge is 0.0739 e. The third-order valence-electron chi connectivity index (χ3n) is 0.942. The molecule has 0 atom stereocenters. The van der Waals surface area contributed by atoms with E-state index in [2.05, 4.69) is 9.68 Å². The second-order valence-electron chi connectivity index (χ2n) is 1.61. The van der Waals surface area contributed by atoms with Gasteiger partial charge in [-0.1, -0.05) is 0 Å². The predicted molar refractivity (Wildman–Crippen MR) is 24.8 cm³/mol. The van der Waals surface area contributed by atoms with Gasteiger partial charge in [0.25, 0.3) is 0 Å². The van der Waals surface area contributed by atoms with Crippen molar-refractivity contribution in [2.24, 2.45) is 0 Å². The molecule has 0 unspecified atom stereocenters. The Morgan fingerprint density at radius 2 is 1.62 bits per heavy atom. The molecule has 1 rings (SSSR count). The summed E-state index contributed by atoms with van der Waals surface area (Å²) in [5.74, 6) is 0.